The first kappa shape index (κ1) is 19.9. The maximum Gasteiger partial charge on any atom is 0.00953 e. The second kappa shape index (κ2) is 9.93. The molecular weight excluding hydrogens is 314 g/mol. The molecule has 1 saturated carbocycles. The number of rotatable bonds is 7. The van der Waals surface area contributed by atoms with E-state index in [0.717, 1.165) is 17.9 Å². The SMILES string of the molecule is CCCc1cc(CCN2CCC(C)CC2CC)ccc1C1CCCCC1. The molecule has 2 unspecified atom stereocenters. The molecule has 0 N–H and O–H groups in total. The zero-order valence-corrected chi connectivity index (χ0v) is 17.6. The van der Waals surface area contributed by atoms with Crippen LogP contribution in [0.15, 0.2) is 18.2 Å². The third kappa shape index (κ3) is 5.12. The Morgan fingerprint density at radius 3 is 2.54 bits per heavy atom. The van der Waals surface area contributed by atoms with Gasteiger partial charge in [-0.25, -0.2) is 0 Å². The van der Waals surface area contributed by atoms with E-state index >= 15 is 0 Å². The molecule has 1 aromatic carbocycles. The minimum absolute atomic E-state index is 0.815. The van der Waals surface area contributed by atoms with Crippen LogP contribution in [-0.4, -0.2) is 24.0 Å². The van der Waals surface area contributed by atoms with Gasteiger partial charge >= 0.3 is 0 Å². The minimum Gasteiger partial charge on any atom is -0.300 e. The number of aryl methyl sites for hydroxylation is 1. The summed E-state index contributed by atoms with van der Waals surface area (Å²) in [5, 5.41) is 0. The van der Waals surface area contributed by atoms with Crippen molar-refractivity contribution in [2.75, 3.05) is 13.1 Å². The van der Waals surface area contributed by atoms with Gasteiger partial charge < -0.3 is 4.90 Å². The van der Waals surface area contributed by atoms with Crippen LogP contribution < -0.4 is 0 Å². The largest absolute Gasteiger partial charge is 0.300 e. The standard InChI is InChI=1S/C25H41N/c1-4-9-23-19-21(12-13-25(23)22-10-7-6-8-11-22)15-17-26-16-14-20(3)18-24(26)5-2/h12-13,19-20,22,24H,4-11,14-18H2,1-3H3. The van der Waals surface area contributed by atoms with E-state index in [1.807, 2.05) is 0 Å². The monoisotopic (exact) mass is 355 g/mol. The molecule has 1 aromatic rings. The number of nitrogens with zero attached hydrogens (tertiary/aromatic N) is 1. The number of benzene rings is 1. The Morgan fingerprint density at radius 1 is 1.00 bits per heavy atom. The molecule has 0 bridgehead atoms. The van der Waals surface area contributed by atoms with Crippen LogP contribution in [0, 0.1) is 5.92 Å². The van der Waals surface area contributed by atoms with Crippen LogP contribution in [0.3, 0.4) is 0 Å². The molecule has 0 amide bonds. The molecule has 1 saturated heterocycles. The normalized spacial score (nSPS) is 25.5. The Bertz CT molecular complexity index is 543. The van der Waals surface area contributed by atoms with Gasteiger partial charge in [-0.15, -0.1) is 0 Å². The Balaban J connectivity index is 1.65. The van der Waals surface area contributed by atoms with Crippen LogP contribution in [0.5, 0.6) is 0 Å². The van der Waals surface area contributed by atoms with Gasteiger partial charge in [-0.1, -0.05) is 64.7 Å². The molecule has 3 rings (SSSR count). The van der Waals surface area contributed by atoms with E-state index in [9.17, 15) is 0 Å². The minimum atomic E-state index is 0.815. The van der Waals surface area contributed by atoms with E-state index in [0.29, 0.717) is 0 Å². The summed E-state index contributed by atoms with van der Waals surface area (Å²) < 4.78 is 0. The van der Waals surface area contributed by atoms with Crippen molar-refractivity contribution in [2.45, 2.75) is 103 Å². The van der Waals surface area contributed by atoms with Gasteiger partial charge in [0.1, 0.15) is 0 Å². The Kier molecular flexibility index (Phi) is 7.61. The van der Waals surface area contributed by atoms with Gasteiger partial charge in [0, 0.05) is 12.6 Å². The molecule has 1 heteroatoms. The molecule has 1 aliphatic carbocycles. The summed E-state index contributed by atoms with van der Waals surface area (Å²) in [5.74, 6) is 1.76. The molecule has 0 radical (unpaired) electrons. The van der Waals surface area contributed by atoms with Crippen LogP contribution >= 0.6 is 0 Å². The Morgan fingerprint density at radius 2 is 1.81 bits per heavy atom. The number of piperidine rings is 1. The summed E-state index contributed by atoms with van der Waals surface area (Å²) >= 11 is 0. The van der Waals surface area contributed by atoms with Crippen LogP contribution in [0.4, 0.5) is 0 Å². The molecular formula is C25H41N. The summed E-state index contributed by atoms with van der Waals surface area (Å²) in [7, 11) is 0. The summed E-state index contributed by atoms with van der Waals surface area (Å²) in [6.45, 7) is 9.69. The molecule has 0 spiro atoms. The molecule has 1 heterocycles. The highest BCUT2D eigenvalue weighted by Gasteiger charge is 2.24. The van der Waals surface area contributed by atoms with E-state index in [-0.39, 0.29) is 0 Å². The lowest BCUT2D eigenvalue weighted by atomic mass is 9.81. The lowest BCUT2D eigenvalue weighted by Gasteiger charge is -2.38. The summed E-state index contributed by atoms with van der Waals surface area (Å²) in [4.78, 5) is 2.77. The first-order chi connectivity index (χ1) is 12.7. The highest BCUT2D eigenvalue weighted by atomic mass is 15.2. The highest BCUT2D eigenvalue weighted by Crippen LogP contribution is 2.35. The van der Waals surface area contributed by atoms with Gasteiger partial charge in [-0.05, 0) is 80.0 Å². The van der Waals surface area contributed by atoms with Gasteiger partial charge in [0.05, 0.1) is 0 Å². The Labute approximate surface area is 162 Å². The fraction of sp³-hybridized carbons (Fsp3) is 0.760. The molecule has 2 fully saturated rings. The van der Waals surface area contributed by atoms with E-state index in [1.165, 1.54) is 83.7 Å². The average molecular weight is 356 g/mol. The van der Waals surface area contributed by atoms with Crippen molar-refractivity contribution >= 4 is 0 Å². The number of likely N-dealkylation sites (tertiary alicyclic amines) is 1. The number of hydrogen-bond acceptors (Lipinski definition) is 1. The second-order valence-corrected chi connectivity index (χ2v) is 9.10. The van der Waals surface area contributed by atoms with Crippen LogP contribution in [0.2, 0.25) is 0 Å². The van der Waals surface area contributed by atoms with E-state index in [4.69, 9.17) is 0 Å². The van der Waals surface area contributed by atoms with E-state index < -0.39 is 0 Å². The van der Waals surface area contributed by atoms with Crippen molar-refractivity contribution in [1.29, 1.82) is 0 Å². The molecule has 1 aliphatic heterocycles. The summed E-state index contributed by atoms with van der Waals surface area (Å²) in [6, 6.07) is 8.35. The predicted octanol–water partition coefficient (Wildman–Crippen LogP) is 6.74. The Hall–Kier alpha value is -0.820. The topological polar surface area (TPSA) is 3.24 Å². The summed E-state index contributed by atoms with van der Waals surface area (Å²) in [5.41, 5.74) is 4.92. The van der Waals surface area contributed by atoms with Crippen LogP contribution in [-0.2, 0) is 12.8 Å². The zero-order valence-electron chi connectivity index (χ0n) is 17.6. The predicted molar refractivity (Wildman–Crippen MR) is 114 cm³/mol. The van der Waals surface area contributed by atoms with E-state index in [1.54, 1.807) is 16.7 Å². The van der Waals surface area contributed by atoms with Crippen molar-refractivity contribution in [3.63, 3.8) is 0 Å². The molecule has 146 valence electrons. The fourth-order valence-corrected chi connectivity index (χ4v) is 5.40. The average Bonchev–Trinajstić information content (AvgIpc) is 2.68. The maximum absolute atomic E-state index is 2.77. The van der Waals surface area contributed by atoms with Crippen molar-refractivity contribution in [3.8, 4) is 0 Å². The van der Waals surface area contributed by atoms with Crippen molar-refractivity contribution in [2.24, 2.45) is 5.92 Å². The molecule has 1 nitrogen and oxygen atoms in total. The van der Waals surface area contributed by atoms with E-state index in [2.05, 4.69) is 43.9 Å². The molecule has 26 heavy (non-hydrogen) atoms. The van der Waals surface area contributed by atoms with Crippen LogP contribution in [0.25, 0.3) is 0 Å². The van der Waals surface area contributed by atoms with Crippen molar-refractivity contribution < 1.29 is 0 Å². The fourth-order valence-electron chi connectivity index (χ4n) is 5.40. The second-order valence-electron chi connectivity index (χ2n) is 9.10. The molecule has 0 aromatic heterocycles. The van der Waals surface area contributed by atoms with Gasteiger partial charge in [-0.2, -0.15) is 0 Å². The van der Waals surface area contributed by atoms with Gasteiger partial charge in [0.15, 0.2) is 0 Å². The first-order valence-electron chi connectivity index (χ1n) is 11.6. The van der Waals surface area contributed by atoms with Gasteiger partial charge in [0.2, 0.25) is 0 Å². The zero-order chi connectivity index (χ0) is 18.4. The van der Waals surface area contributed by atoms with Crippen molar-refractivity contribution in [1.82, 2.24) is 4.90 Å². The molecule has 2 aliphatic rings. The smallest absolute Gasteiger partial charge is 0.00953 e. The summed E-state index contributed by atoms with van der Waals surface area (Å²) in [6.07, 6.45) is 15.0. The van der Waals surface area contributed by atoms with Gasteiger partial charge in [-0.3, -0.25) is 0 Å². The highest BCUT2D eigenvalue weighted by molar-refractivity contribution is 5.35. The van der Waals surface area contributed by atoms with Crippen LogP contribution in [0.1, 0.15) is 101 Å². The van der Waals surface area contributed by atoms with Gasteiger partial charge in [0.25, 0.3) is 0 Å². The number of hydrogen-bond donors (Lipinski definition) is 0. The lowest BCUT2D eigenvalue weighted by Crippen LogP contribution is -2.42. The first-order valence-corrected chi connectivity index (χ1v) is 11.6. The molecule has 2 atom stereocenters. The van der Waals surface area contributed by atoms with Crippen molar-refractivity contribution in [3.05, 3.63) is 34.9 Å². The lowest BCUT2D eigenvalue weighted by molar-refractivity contribution is 0.116. The third-order valence-corrected chi connectivity index (χ3v) is 7.03. The maximum atomic E-state index is 2.77. The quantitative estimate of drug-likeness (QED) is 0.523. The third-order valence-electron chi connectivity index (χ3n) is 7.03.